The molecular formula is C39H31Cl2N3O. The Kier molecular flexibility index (Phi) is 8.01. The number of hydrogen-bond donors (Lipinski definition) is 1. The van der Waals surface area contributed by atoms with Gasteiger partial charge in [0.25, 0.3) is 0 Å². The molecule has 0 saturated heterocycles. The van der Waals surface area contributed by atoms with Crippen LogP contribution in [0.3, 0.4) is 0 Å². The molecule has 4 nitrogen and oxygen atoms in total. The largest absolute Gasteiger partial charge is 0.355 e. The highest BCUT2D eigenvalue weighted by atomic mass is 35.5. The van der Waals surface area contributed by atoms with Gasteiger partial charge in [0.15, 0.2) is 0 Å². The minimum atomic E-state index is -0.0712. The number of amides is 1. The summed E-state index contributed by atoms with van der Waals surface area (Å²) in [6, 6.07) is 37.0. The minimum Gasteiger partial charge on any atom is -0.355 e. The number of fused-ring (bicyclic) bond motifs is 4. The van der Waals surface area contributed by atoms with Crippen LogP contribution in [-0.4, -0.2) is 22.0 Å². The number of nitrogens with one attached hydrogen (secondary N) is 1. The summed E-state index contributed by atoms with van der Waals surface area (Å²) >= 11 is 12.8. The molecule has 7 rings (SSSR count). The van der Waals surface area contributed by atoms with Gasteiger partial charge in [0.1, 0.15) is 12.4 Å². The molecule has 0 radical (unpaired) electrons. The molecule has 0 aliphatic heterocycles. The highest BCUT2D eigenvalue weighted by Crippen LogP contribution is 2.44. The fourth-order valence-corrected chi connectivity index (χ4v) is 6.81. The van der Waals surface area contributed by atoms with E-state index in [0.717, 1.165) is 28.7 Å². The zero-order chi connectivity index (χ0) is 30.9. The molecule has 1 atom stereocenters. The maximum absolute atomic E-state index is 13.4. The molecule has 0 saturated carbocycles. The molecule has 6 heteroatoms. The van der Waals surface area contributed by atoms with Gasteiger partial charge in [-0.2, -0.15) is 0 Å². The summed E-state index contributed by atoms with van der Waals surface area (Å²) in [7, 11) is 0. The normalized spacial score (nSPS) is 12.6. The topological polar surface area (TPSA) is 46.9 Å². The van der Waals surface area contributed by atoms with Crippen LogP contribution >= 0.6 is 23.2 Å². The molecule has 1 aromatic heterocycles. The number of benzene rings is 5. The summed E-state index contributed by atoms with van der Waals surface area (Å²) in [6.07, 6.45) is 4.81. The van der Waals surface area contributed by atoms with Crippen molar-refractivity contribution < 1.29 is 4.79 Å². The van der Waals surface area contributed by atoms with Crippen LogP contribution in [0, 0.1) is 0 Å². The predicted octanol–water partition coefficient (Wildman–Crippen LogP) is 9.89. The summed E-state index contributed by atoms with van der Waals surface area (Å²) in [4.78, 5) is 18.4. The maximum atomic E-state index is 13.4. The lowest BCUT2D eigenvalue weighted by molar-refractivity contribution is -0.121. The Morgan fingerprint density at radius 2 is 1.49 bits per heavy atom. The molecule has 5 aromatic carbocycles. The number of rotatable bonds is 8. The van der Waals surface area contributed by atoms with Crippen molar-refractivity contribution in [2.45, 2.75) is 25.8 Å². The first-order valence-corrected chi connectivity index (χ1v) is 15.9. The third-order valence-electron chi connectivity index (χ3n) is 8.58. The van der Waals surface area contributed by atoms with Gasteiger partial charge in [-0.3, -0.25) is 4.79 Å². The number of halogens is 2. The fourth-order valence-electron chi connectivity index (χ4n) is 6.31. The smallest absolute Gasteiger partial charge is 0.239 e. The summed E-state index contributed by atoms with van der Waals surface area (Å²) in [5, 5.41) is 6.71. The van der Waals surface area contributed by atoms with Crippen LogP contribution in [-0.2, 0) is 11.3 Å². The maximum Gasteiger partial charge on any atom is 0.239 e. The van der Waals surface area contributed by atoms with Crippen molar-refractivity contribution in [3.63, 3.8) is 0 Å². The molecule has 1 heterocycles. The minimum absolute atomic E-state index is 0.0712. The van der Waals surface area contributed by atoms with Crippen LogP contribution < -0.4 is 5.32 Å². The van der Waals surface area contributed by atoms with Gasteiger partial charge in [-0.05, 0) is 80.8 Å². The summed E-state index contributed by atoms with van der Waals surface area (Å²) in [5.74, 6) is 0.904. The van der Waals surface area contributed by atoms with Crippen LogP contribution in [0.25, 0.3) is 44.8 Å². The zero-order valence-electron chi connectivity index (χ0n) is 24.8. The first-order chi connectivity index (χ1) is 22.0. The van der Waals surface area contributed by atoms with Crippen molar-refractivity contribution in [2.75, 3.05) is 6.54 Å². The predicted molar refractivity (Wildman–Crippen MR) is 187 cm³/mol. The lowest BCUT2D eigenvalue weighted by Gasteiger charge is -2.15. The molecule has 6 aromatic rings. The van der Waals surface area contributed by atoms with E-state index in [4.69, 9.17) is 28.2 Å². The number of hydrogen-bond acceptors (Lipinski definition) is 2. The third kappa shape index (κ3) is 5.80. The average molecular weight is 629 g/mol. The van der Waals surface area contributed by atoms with Crippen molar-refractivity contribution in [3.05, 3.63) is 148 Å². The SMILES string of the molecule is CC(CCNC(=O)Cn1cc(-c2ccc(Cl)cc2Cl)nc1C=C1c2ccccc2-c2ccccc21)c1cccc2ccccc12. The van der Waals surface area contributed by atoms with Crippen LogP contribution in [0.15, 0.2) is 115 Å². The third-order valence-corrected chi connectivity index (χ3v) is 9.13. The zero-order valence-corrected chi connectivity index (χ0v) is 26.3. The summed E-state index contributed by atoms with van der Waals surface area (Å²) < 4.78 is 1.90. The Morgan fingerprint density at radius 3 is 2.22 bits per heavy atom. The van der Waals surface area contributed by atoms with E-state index >= 15 is 0 Å². The Balaban J connectivity index is 1.16. The number of carbonyl (C=O) groups excluding carboxylic acids is 1. The van der Waals surface area contributed by atoms with E-state index in [1.165, 1.54) is 27.5 Å². The second-order valence-corrected chi connectivity index (χ2v) is 12.3. The number of aromatic nitrogens is 2. The van der Waals surface area contributed by atoms with Crippen molar-refractivity contribution in [3.8, 4) is 22.4 Å². The van der Waals surface area contributed by atoms with Crippen LogP contribution in [0.2, 0.25) is 10.0 Å². The van der Waals surface area contributed by atoms with Gasteiger partial charge >= 0.3 is 0 Å². The highest BCUT2D eigenvalue weighted by Gasteiger charge is 2.24. The second kappa shape index (κ2) is 12.4. The Labute approximate surface area is 273 Å². The van der Waals surface area contributed by atoms with Crippen molar-refractivity contribution in [2.24, 2.45) is 0 Å². The Bertz CT molecular complexity index is 2040. The Morgan fingerprint density at radius 1 is 0.822 bits per heavy atom. The highest BCUT2D eigenvalue weighted by molar-refractivity contribution is 6.36. The van der Waals surface area contributed by atoms with Gasteiger partial charge in [-0.1, -0.05) is 121 Å². The summed E-state index contributed by atoms with van der Waals surface area (Å²) in [6.45, 7) is 2.92. The quantitative estimate of drug-likeness (QED) is 0.182. The number of imidazole rings is 1. The van der Waals surface area contributed by atoms with Gasteiger partial charge < -0.3 is 9.88 Å². The molecule has 0 bridgehead atoms. The van der Waals surface area contributed by atoms with Gasteiger partial charge in [-0.25, -0.2) is 4.98 Å². The van der Waals surface area contributed by atoms with Crippen LogP contribution in [0.4, 0.5) is 0 Å². The van der Waals surface area contributed by atoms with Crippen LogP contribution in [0.1, 0.15) is 41.8 Å². The van der Waals surface area contributed by atoms with Crippen molar-refractivity contribution >= 4 is 51.5 Å². The van der Waals surface area contributed by atoms with Crippen molar-refractivity contribution in [1.82, 2.24) is 14.9 Å². The molecule has 45 heavy (non-hydrogen) atoms. The number of nitrogens with zero attached hydrogens (tertiary/aromatic N) is 2. The molecule has 1 aliphatic carbocycles. The molecular weight excluding hydrogens is 597 g/mol. The van der Waals surface area contributed by atoms with Crippen LogP contribution in [0.5, 0.6) is 0 Å². The fraction of sp³-hybridized carbons (Fsp3) is 0.128. The molecule has 0 spiro atoms. The van der Waals surface area contributed by atoms with Gasteiger partial charge in [0, 0.05) is 23.3 Å². The van der Waals surface area contributed by atoms with Gasteiger partial charge in [0.2, 0.25) is 5.91 Å². The van der Waals surface area contributed by atoms with Crippen molar-refractivity contribution in [1.29, 1.82) is 0 Å². The molecule has 1 unspecified atom stereocenters. The van der Waals surface area contributed by atoms with Gasteiger partial charge in [0.05, 0.1) is 10.7 Å². The second-order valence-electron chi connectivity index (χ2n) is 11.5. The van der Waals surface area contributed by atoms with E-state index in [-0.39, 0.29) is 12.5 Å². The van der Waals surface area contributed by atoms with E-state index in [2.05, 4.69) is 109 Å². The van der Waals surface area contributed by atoms with E-state index in [1.54, 1.807) is 12.1 Å². The first kappa shape index (κ1) is 29.1. The summed E-state index contributed by atoms with van der Waals surface area (Å²) in [5.41, 5.74) is 8.49. The lowest BCUT2D eigenvalue weighted by Crippen LogP contribution is -2.29. The molecule has 1 amide bonds. The Hall–Kier alpha value is -4.64. The lowest BCUT2D eigenvalue weighted by atomic mass is 9.92. The first-order valence-electron chi connectivity index (χ1n) is 15.1. The van der Waals surface area contributed by atoms with E-state index < -0.39 is 0 Å². The molecule has 0 fully saturated rings. The standard InChI is InChI=1S/C39H31Cl2N3O/c1-25(28-16-8-10-26-9-2-3-11-29(26)28)19-20-42-39(45)24-44-23-37(34-18-17-27(40)21-36(34)41)43-38(44)22-35-32-14-6-4-12-30(32)31-13-5-7-15-33(31)35/h2-18,21-23,25H,19-20,24H2,1H3,(H,42,45). The van der Waals surface area contributed by atoms with E-state index in [9.17, 15) is 4.79 Å². The van der Waals surface area contributed by atoms with Gasteiger partial charge in [-0.15, -0.1) is 0 Å². The molecule has 222 valence electrons. The average Bonchev–Trinajstić information content (AvgIpc) is 3.59. The molecule has 1 aliphatic rings. The van der Waals surface area contributed by atoms with E-state index in [0.29, 0.717) is 34.0 Å². The van der Waals surface area contributed by atoms with E-state index in [1.807, 2.05) is 16.8 Å². The monoisotopic (exact) mass is 627 g/mol. The number of carbonyl (C=O) groups is 1. The molecule has 1 N–H and O–H groups in total.